The Balaban J connectivity index is 1.79. The summed E-state index contributed by atoms with van der Waals surface area (Å²) in [5.74, 6) is -1.78. The fourth-order valence-corrected chi connectivity index (χ4v) is 5.56. The van der Waals surface area contributed by atoms with Crippen LogP contribution in [0.5, 0.6) is 0 Å². The second-order valence-corrected chi connectivity index (χ2v) is 10.6. The number of unbranched alkanes of at least 4 members (excludes halogenated alkanes) is 2. The highest BCUT2D eigenvalue weighted by atomic mass is 16.5. The number of rotatable bonds is 6. The zero-order valence-corrected chi connectivity index (χ0v) is 21.8. The van der Waals surface area contributed by atoms with Crippen molar-refractivity contribution >= 4 is 29.5 Å². The average Bonchev–Trinajstić information content (AvgIpc) is 3.38. The first-order chi connectivity index (χ1) is 17.9. The van der Waals surface area contributed by atoms with E-state index in [1.54, 1.807) is 10.4 Å². The molecule has 11 heteroatoms. The van der Waals surface area contributed by atoms with Crippen molar-refractivity contribution in [1.29, 1.82) is 0 Å². The van der Waals surface area contributed by atoms with E-state index in [2.05, 4.69) is 16.0 Å². The van der Waals surface area contributed by atoms with E-state index in [1.807, 2.05) is 0 Å². The van der Waals surface area contributed by atoms with E-state index in [4.69, 9.17) is 5.21 Å². The van der Waals surface area contributed by atoms with Gasteiger partial charge in [-0.1, -0.05) is 57.8 Å². The monoisotopic (exact) mass is 521 g/mol. The topological polar surface area (TPSA) is 157 Å². The molecule has 0 saturated carbocycles. The Hall–Kier alpha value is -2.69. The number of carbonyl (C=O) groups is 5. The molecule has 11 nitrogen and oxygen atoms in total. The molecule has 0 spiro atoms. The van der Waals surface area contributed by atoms with Gasteiger partial charge < -0.3 is 20.9 Å². The van der Waals surface area contributed by atoms with Crippen LogP contribution in [0.1, 0.15) is 103 Å². The van der Waals surface area contributed by atoms with E-state index < -0.39 is 36.0 Å². The SMILES string of the molecule is O=C(CCCCC[C@@H]1NC(=O)[C@H]2CCCN2C(=O)[C@@H]2CCCCCCCCC[C@@H](NC1=O)C(=O)N2)NO. The van der Waals surface area contributed by atoms with Crippen LogP contribution in [0.25, 0.3) is 0 Å². The van der Waals surface area contributed by atoms with Crippen molar-refractivity contribution in [3.63, 3.8) is 0 Å². The van der Waals surface area contributed by atoms with Crippen LogP contribution in [0.3, 0.4) is 0 Å². The smallest absolute Gasteiger partial charge is 0.245 e. The van der Waals surface area contributed by atoms with Gasteiger partial charge in [-0.25, -0.2) is 5.48 Å². The normalized spacial score (nSPS) is 28.3. The Labute approximate surface area is 218 Å². The first kappa shape index (κ1) is 28.9. The maximum atomic E-state index is 13.5. The Kier molecular flexibility index (Phi) is 11.6. The summed E-state index contributed by atoms with van der Waals surface area (Å²) < 4.78 is 0. The summed E-state index contributed by atoms with van der Waals surface area (Å²) in [6.45, 7) is 0.455. The lowest BCUT2D eigenvalue weighted by Gasteiger charge is -2.32. The number of fused-ring (bicyclic) bond motifs is 4. The van der Waals surface area contributed by atoms with Gasteiger partial charge in [-0.3, -0.25) is 29.2 Å². The first-order valence-corrected chi connectivity index (χ1v) is 14.0. The molecule has 3 saturated heterocycles. The zero-order valence-electron chi connectivity index (χ0n) is 21.8. The van der Waals surface area contributed by atoms with Crippen LogP contribution in [0, 0.1) is 0 Å². The minimum Gasteiger partial charge on any atom is -0.343 e. The Bertz CT molecular complexity index is 821. The summed E-state index contributed by atoms with van der Waals surface area (Å²) in [7, 11) is 0. The fraction of sp³-hybridized carbons (Fsp3) is 0.808. The van der Waals surface area contributed by atoms with Gasteiger partial charge in [0.1, 0.15) is 24.2 Å². The lowest BCUT2D eigenvalue weighted by Crippen LogP contribution is -2.61. The van der Waals surface area contributed by atoms with Gasteiger partial charge in [-0.2, -0.15) is 0 Å². The van der Waals surface area contributed by atoms with Crippen LogP contribution in [-0.2, 0) is 24.0 Å². The molecular weight excluding hydrogens is 478 g/mol. The molecule has 0 aliphatic carbocycles. The van der Waals surface area contributed by atoms with Gasteiger partial charge in [0.25, 0.3) is 0 Å². The minimum absolute atomic E-state index is 0.169. The van der Waals surface area contributed by atoms with Crippen molar-refractivity contribution in [2.24, 2.45) is 0 Å². The van der Waals surface area contributed by atoms with Crippen molar-refractivity contribution in [1.82, 2.24) is 26.3 Å². The zero-order chi connectivity index (χ0) is 26.6. The maximum absolute atomic E-state index is 13.5. The summed E-state index contributed by atoms with van der Waals surface area (Å²) in [5.41, 5.74) is 1.60. The summed E-state index contributed by atoms with van der Waals surface area (Å²) in [6, 6.07) is -2.98. The van der Waals surface area contributed by atoms with Crippen LogP contribution in [0.2, 0.25) is 0 Å². The fourth-order valence-electron chi connectivity index (χ4n) is 5.56. The van der Waals surface area contributed by atoms with Gasteiger partial charge in [0.05, 0.1) is 0 Å². The van der Waals surface area contributed by atoms with Crippen molar-refractivity contribution < 1.29 is 29.2 Å². The molecule has 0 radical (unpaired) electrons. The van der Waals surface area contributed by atoms with Crippen molar-refractivity contribution in [2.75, 3.05) is 6.54 Å². The summed E-state index contributed by atoms with van der Waals surface area (Å²) in [6.07, 6.45) is 11.3. The molecule has 3 aliphatic heterocycles. The van der Waals surface area contributed by atoms with Gasteiger partial charge in [-0.15, -0.1) is 0 Å². The van der Waals surface area contributed by atoms with E-state index in [0.29, 0.717) is 57.9 Å². The highest BCUT2D eigenvalue weighted by Crippen LogP contribution is 2.22. The number of hydrogen-bond donors (Lipinski definition) is 5. The number of hydrogen-bond acceptors (Lipinski definition) is 6. The summed E-state index contributed by atoms with van der Waals surface area (Å²) in [5, 5.41) is 17.3. The minimum atomic E-state index is -0.843. The lowest BCUT2D eigenvalue weighted by atomic mass is 10.0. The highest BCUT2D eigenvalue weighted by molar-refractivity contribution is 5.97. The summed E-state index contributed by atoms with van der Waals surface area (Å²) >= 11 is 0. The van der Waals surface area contributed by atoms with E-state index in [-0.39, 0.29) is 24.1 Å². The van der Waals surface area contributed by atoms with Crippen molar-refractivity contribution in [2.45, 2.75) is 127 Å². The van der Waals surface area contributed by atoms with Crippen LogP contribution in [0.4, 0.5) is 0 Å². The molecule has 5 N–H and O–H groups in total. The van der Waals surface area contributed by atoms with Crippen molar-refractivity contribution in [3.8, 4) is 0 Å². The van der Waals surface area contributed by atoms with Crippen LogP contribution < -0.4 is 21.4 Å². The van der Waals surface area contributed by atoms with Gasteiger partial charge in [-0.05, 0) is 38.5 Å². The van der Waals surface area contributed by atoms with E-state index in [9.17, 15) is 24.0 Å². The largest absolute Gasteiger partial charge is 0.343 e. The van der Waals surface area contributed by atoms with Gasteiger partial charge in [0, 0.05) is 13.0 Å². The Morgan fingerprint density at radius 2 is 1.41 bits per heavy atom. The number of amides is 5. The van der Waals surface area contributed by atoms with E-state index in [1.165, 1.54) is 0 Å². The average molecular weight is 522 g/mol. The van der Waals surface area contributed by atoms with Crippen LogP contribution in [-0.4, -0.2) is 70.4 Å². The second-order valence-electron chi connectivity index (χ2n) is 10.6. The molecule has 3 aliphatic rings. The number of nitrogens with one attached hydrogen (secondary N) is 4. The molecule has 0 aromatic rings. The third-order valence-corrected chi connectivity index (χ3v) is 7.73. The molecule has 0 unspecified atom stereocenters. The molecule has 2 bridgehead atoms. The molecule has 0 aromatic carbocycles. The van der Waals surface area contributed by atoms with Gasteiger partial charge in [0.15, 0.2) is 0 Å². The predicted molar refractivity (Wildman–Crippen MR) is 135 cm³/mol. The third-order valence-electron chi connectivity index (χ3n) is 7.73. The molecule has 208 valence electrons. The first-order valence-electron chi connectivity index (χ1n) is 14.0. The van der Waals surface area contributed by atoms with E-state index in [0.717, 1.165) is 44.9 Å². The standard InChI is InChI=1S/C26H43N5O6/c32-22(30-37)16-10-6-9-13-19-23(33)27-18-12-7-4-2-1-3-5-8-14-20(29-24(18)34)26(36)31-17-11-15-21(31)25(35)28-19/h18-21,37H,1-17H2,(H,27,33)(H,28,35)(H,29,34)(H,30,32)/t18-,19+,20+,21-/m1/s1. The molecule has 3 fully saturated rings. The third kappa shape index (κ3) is 8.69. The van der Waals surface area contributed by atoms with Crippen molar-refractivity contribution in [3.05, 3.63) is 0 Å². The molecule has 0 aromatic heterocycles. The van der Waals surface area contributed by atoms with Crippen LogP contribution >= 0.6 is 0 Å². The summed E-state index contributed by atoms with van der Waals surface area (Å²) in [4.78, 5) is 66.3. The van der Waals surface area contributed by atoms with E-state index >= 15 is 0 Å². The quantitative estimate of drug-likeness (QED) is 0.202. The van der Waals surface area contributed by atoms with Gasteiger partial charge >= 0.3 is 0 Å². The number of hydroxylamine groups is 1. The number of nitrogens with zero attached hydrogens (tertiary/aromatic N) is 1. The molecule has 3 heterocycles. The molecule has 5 amide bonds. The molecule has 4 atom stereocenters. The molecule has 3 rings (SSSR count). The lowest BCUT2D eigenvalue weighted by molar-refractivity contribution is -0.143. The Morgan fingerprint density at radius 1 is 0.757 bits per heavy atom. The molecular formula is C26H43N5O6. The highest BCUT2D eigenvalue weighted by Gasteiger charge is 2.40. The van der Waals surface area contributed by atoms with Crippen LogP contribution in [0.15, 0.2) is 0 Å². The predicted octanol–water partition coefficient (Wildman–Crippen LogP) is 1.43. The molecule has 37 heavy (non-hydrogen) atoms. The Morgan fingerprint density at radius 3 is 2.11 bits per heavy atom. The maximum Gasteiger partial charge on any atom is 0.245 e. The second kappa shape index (κ2) is 14.9. The van der Waals surface area contributed by atoms with Gasteiger partial charge in [0.2, 0.25) is 29.5 Å². The number of carbonyl (C=O) groups excluding carboxylic acids is 5.